The van der Waals surface area contributed by atoms with Crippen LogP contribution in [0.5, 0.6) is 0 Å². The van der Waals surface area contributed by atoms with Crippen LogP contribution in [0, 0.1) is 0 Å². The van der Waals surface area contributed by atoms with Gasteiger partial charge in [-0.1, -0.05) is 30.3 Å². The average Bonchev–Trinajstić information content (AvgIpc) is 3.31. The number of imidazole rings is 1. The first-order valence-corrected chi connectivity index (χ1v) is 9.34. The Morgan fingerprint density at radius 1 is 1.29 bits per heavy atom. The number of rotatable bonds is 2. The number of fused-ring (bicyclic) bond motifs is 2. The molecule has 2 fully saturated rings. The summed E-state index contributed by atoms with van der Waals surface area (Å²) < 4.78 is 9.50. The number of carbonyl (C=O) groups excluding carboxylic acids is 2. The molecule has 0 unspecified atom stereocenters. The van der Waals surface area contributed by atoms with Gasteiger partial charge in [0.25, 0.3) is 5.91 Å². The third-order valence-corrected chi connectivity index (χ3v) is 5.83. The fourth-order valence-electron chi connectivity index (χ4n) is 4.41. The van der Waals surface area contributed by atoms with Gasteiger partial charge in [-0.15, -0.1) is 0 Å². The largest absolute Gasteiger partial charge is 0.364 e. The summed E-state index contributed by atoms with van der Waals surface area (Å²) in [5.41, 5.74) is 1.74. The lowest BCUT2D eigenvalue weighted by Gasteiger charge is -2.50. The lowest BCUT2D eigenvalue weighted by molar-refractivity contribution is -0.150. The van der Waals surface area contributed by atoms with E-state index >= 15 is 0 Å². The summed E-state index contributed by atoms with van der Waals surface area (Å²) in [6, 6.07) is 9.87. The number of ether oxygens (including phenoxy) is 1. The molecule has 8 nitrogen and oxygen atoms in total. The number of hydrogen-bond acceptors (Lipinski definition) is 4. The van der Waals surface area contributed by atoms with Crippen LogP contribution in [0.4, 0.5) is 0 Å². The minimum atomic E-state index is -0.604. The van der Waals surface area contributed by atoms with Gasteiger partial charge in [0.2, 0.25) is 5.91 Å². The van der Waals surface area contributed by atoms with Crippen LogP contribution in [0.3, 0.4) is 0 Å². The van der Waals surface area contributed by atoms with Crippen molar-refractivity contribution in [2.75, 3.05) is 19.7 Å². The highest BCUT2D eigenvalue weighted by atomic mass is 16.5. The van der Waals surface area contributed by atoms with Crippen molar-refractivity contribution in [3.8, 4) is 0 Å². The van der Waals surface area contributed by atoms with Crippen molar-refractivity contribution in [3.63, 3.8) is 0 Å². The molecule has 3 aromatic rings. The highest BCUT2D eigenvalue weighted by molar-refractivity contribution is 6.00. The van der Waals surface area contributed by atoms with E-state index in [-0.39, 0.29) is 24.5 Å². The standard InChI is InChI=1S/C20H21N5O3/c1-23-9-10-25-18(23)15(11-21-25)19(27)24-8-7-20(14-5-3-2-4-6-14)16(12-24)28-13-17(26)22-20/h2-6,9-11,16H,7-8,12-13H2,1H3,(H,22,26)/t16-,20+/m1/s1. The zero-order valence-corrected chi connectivity index (χ0v) is 15.5. The predicted molar refractivity (Wildman–Crippen MR) is 101 cm³/mol. The van der Waals surface area contributed by atoms with Gasteiger partial charge in [-0.3, -0.25) is 9.59 Å². The number of carbonyl (C=O) groups is 2. The van der Waals surface area contributed by atoms with Crippen LogP contribution in [-0.2, 0) is 22.1 Å². The number of aryl methyl sites for hydroxylation is 1. The van der Waals surface area contributed by atoms with Gasteiger partial charge in [0.05, 0.1) is 11.7 Å². The fraction of sp³-hybridized carbons (Fsp3) is 0.350. The summed E-state index contributed by atoms with van der Waals surface area (Å²) in [7, 11) is 1.89. The molecule has 0 bridgehead atoms. The molecule has 2 aromatic heterocycles. The minimum absolute atomic E-state index is 0.0110. The maximum atomic E-state index is 13.2. The molecule has 2 aliphatic heterocycles. The molecular formula is C20H21N5O3. The lowest BCUT2D eigenvalue weighted by Crippen LogP contribution is -2.67. The smallest absolute Gasteiger partial charge is 0.259 e. The first-order valence-electron chi connectivity index (χ1n) is 9.34. The Balaban J connectivity index is 1.46. The number of nitrogens with one attached hydrogen (secondary N) is 1. The van der Waals surface area contributed by atoms with Gasteiger partial charge >= 0.3 is 0 Å². The first-order chi connectivity index (χ1) is 13.6. The summed E-state index contributed by atoms with van der Waals surface area (Å²) in [4.78, 5) is 27.1. The molecule has 2 atom stereocenters. The van der Waals surface area contributed by atoms with Crippen LogP contribution in [0.1, 0.15) is 22.3 Å². The molecule has 2 amide bonds. The van der Waals surface area contributed by atoms with Crippen molar-refractivity contribution in [2.45, 2.75) is 18.1 Å². The van der Waals surface area contributed by atoms with Gasteiger partial charge in [0.15, 0.2) is 0 Å². The van der Waals surface area contributed by atoms with Gasteiger partial charge in [-0.25, -0.2) is 4.52 Å². The molecule has 4 heterocycles. The van der Waals surface area contributed by atoms with Crippen LogP contribution in [0.2, 0.25) is 0 Å². The molecule has 0 spiro atoms. The maximum absolute atomic E-state index is 13.2. The van der Waals surface area contributed by atoms with Crippen LogP contribution >= 0.6 is 0 Å². The van der Waals surface area contributed by atoms with Gasteiger partial charge in [-0.05, 0) is 12.0 Å². The summed E-state index contributed by atoms with van der Waals surface area (Å²) >= 11 is 0. The van der Waals surface area contributed by atoms with Crippen LogP contribution in [-0.4, -0.2) is 56.7 Å². The zero-order chi connectivity index (χ0) is 19.3. The Labute approximate surface area is 161 Å². The number of piperidine rings is 1. The molecule has 2 aliphatic rings. The van der Waals surface area contributed by atoms with Crippen molar-refractivity contribution in [1.29, 1.82) is 0 Å². The number of hydrogen-bond donors (Lipinski definition) is 1. The highest BCUT2D eigenvalue weighted by Gasteiger charge is 2.50. The zero-order valence-electron chi connectivity index (χ0n) is 15.5. The number of benzene rings is 1. The van der Waals surface area contributed by atoms with E-state index in [1.807, 2.05) is 54.3 Å². The SMILES string of the molecule is Cn1ccn2ncc(C(=O)N3CC[C@@]4(c5ccccc5)NC(=O)CO[C@@H]4C3)c12. The van der Waals surface area contributed by atoms with E-state index in [4.69, 9.17) is 4.74 Å². The summed E-state index contributed by atoms with van der Waals surface area (Å²) in [5.74, 6) is -0.194. The second-order valence-corrected chi connectivity index (χ2v) is 7.42. The van der Waals surface area contributed by atoms with E-state index in [9.17, 15) is 9.59 Å². The second kappa shape index (κ2) is 6.20. The molecule has 1 N–H and O–H groups in total. The van der Waals surface area contributed by atoms with Crippen molar-refractivity contribution in [3.05, 3.63) is 60.0 Å². The molecule has 144 valence electrons. The molecular weight excluding hydrogens is 358 g/mol. The van der Waals surface area contributed by atoms with E-state index in [0.717, 1.165) is 11.2 Å². The number of aromatic nitrogens is 3. The van der Waals surface area contributed by atoms with Gasteiger partial charge in [0.1, 0.15) is 23.9 Å². The van der Waals surface area contributed by atoms with Crippen LogP contribution in [0.15, 0.2) is 48.9 Å². The lowest BCUT2D eigenvalue weighted by atomic mass is 9.77. The van der Waals surface area contributed by atoms with E-state index in [1.165, 1.54) is 0 Å². The Bertz CT molecular complexity index is 1060. The molecule has 2 saturated heterocycles. The highest BCUT2D eigenvalue weighted by Crippen LogP contribution is 2.37. The summed E-state index contributed by atoms with van der Waals surface area (Å²) in [5, 5.41) is 7.42. The normalized spacial score (nSPS) is 24.8. The molecule has 0 radical (unpaired) electrons. The van der Waals surface area contributed by atoms with Gasteiger partial charge in [-0.2, -0.15) is 5.10 Å². The molecule has 0 saturated carbocycles. The number of nitrogens with zero attached hydrogens (tertiary/aromatic N) is 4. The Kier molecular flexibility index (Phi) is 3.77. The van der Waals surface area contributed by atoms with Gasteiger partial charge in [0, 0.05) is 32.5 Å². The van der Waals surface area contributed by atoms with E-state index in [0.29, 0.717) is 25.1 Å². The van der Waals surface area contributed by atoms with Crippen molar-refractivity contribution in [2.24, 2.45) is 7.05 Å². The van der Waals surface area contributed by atoms with Crippen molar-refractivity contribution in [1.82, 2.24) is 24.4 Å². The maximum Gasteiger partial charge on any atom is 0.259 e. The summed E-state index contributed by atoms with van der Waals surface area (Å²) in [6.07, 6.45) is 5.60. The summed E-state index contributed by atoms with van der Waals surface area (Å²) in [6.45, 7) is 0.947. The van der Waals surface area contributed by atoms with Gasteiger partial charge < -0.3 is 19.5 Å². The third kappa shape index (κ3) is 2.45. The Morgan fingerprint density at radius 2 is 2.11 bits per heavy atom. The van der Waals surface area contributed by atoms with E-state index in [1.54, 1.807) is 15.6 Å². The Morgan fingerprint density at radius 3 is 2.93 bits per heavy atom. The number of likely N-dealkylation sites (tertiary alicyclic amines) is 1. The van der Waals surface area contributed by atoms with Crippen LogP contribution < -0.4 is 5.32 Å². The van der Waals surface area contributed by atoms with E-state index < -0.39 is 5.54 Å². The third-order valence-electron chi connectivity index (χ3n) is 5.83. The molecule has 5 rings (SSSR count). The fourth-order valence-corrected chi connectivity index (χ4v) is 4.41. The van der Waals surface area contributed by atoms with E-state index in [2.05, 4.69) is 10.4 Å². The predicted octanol–water partition coefficient (Wildman–Crippen LogP) is 0.929. The monoisotopic (exact) mass is 379 g/mol. The molecule has 28 heavy (non-hydrogen) atoms. The van der Waals surface area contributed by atoms with Crippen molar-refractivity contribution >= 4 is 17.5 Å². The molecule has 8 heteroatoms. The molecule has 1 aromatic carbocycles. The minimum Gasteiger partial charge on any atom is -0.364 e. The van der Waals surface area contributed by atoms with Crippen molar-refractivity contribution < 1.29 is 14.3 Å². The quantitative estimate of drug-likeness (QED) is 0.718. The Hall–Kier alpha value is -3.13. The first kappa shape index (κ1) is 17.0. The number of amides is 2. The number of morpholine rings is 1. The molecule has 0 aliphatic carbocycles. The average molecular weight is 379 g/mol. The topological polar surface area (TPSA) is 80.9 Å². The second-order valence-electron chi connectivity index (χ2n) is 7.42. The van der Waals surface area contributed by atoms with Crippen LogP contribution in [0.25, 0.3) is 5.65 Å².